The van der Waals surface area contributed by atoms with Crippen molar-refractivity contribution >= 4 is 5.91 Å². The third-order valence-corrected chi connectivity index (χ3v) is 6.09. The fourth-order valence-corrected chi connectivity index (χ4v) is 4.42. The van der Waals surface area contributed by atoms with E-state index in [0.717, 1.165) is 57.2 Å². The summed E-state index contributed by atoms with van der Waals surface area (Å²) in [4.78, 5) is 17.0. The van der Waals surface area contributed by atoms with E-state index in [1.54, 1.807) is 12.0 Å². The Hall–Kier alpha value is -2.06. The van der Waals surface area contributed by atoms with Gasteiger partial charge in [0.05, 0.1) is 19.7 Å². The first kappa shape index (κ1) is 18.7. The van der Waals surface area contributed by atoms with Crippen molar-refractivity contribution in [3.63, 3.8) is 0 Å². The van der Waals surface area contributed by atoms with Crippen molar-refractivity contribution in [2.75, 3.05) is 27.2 Å². The lowest BCUT2D eigenvalue weighted by Gasteiger charge is -2.40. The van der Waals surface area contributed by atoms with E-state index >= 15 is 0 Å². The molecule has 1 saturated heterocycles. The lowest BCUT2D eigenvalue weighted by Crippen LogP contribution is -2.52. The Balaban J connectivity index is 1.70. The molecule has 2 fully saturated rings. The number of carbonyl (C=O) groups excluding carboxylic acids is 1. The standard InChI is InChI=1S/C21H29N3O2/c1-23(21(16-22)11-4-3-5-12-21)20(25)15-24-13-7-10-19(24)17-8-6-9-18(14-17)26-2/h6,8-9,14,19H,3-5,7,10-13,15H2,1-2H3. The molecule has 1 heterocycles. The molecule has 140 valence electrons. The molecule has 1 aliphatic heterocycles. The molecule has 0 spiro atoms. The average Bonchev–Trinajstić information content (AvgIpc) is 3.16. The van der Waals surface area contributed by atoms with Crippen LogP contribution in [0.2, 0.25) is 0 Å². The Kier molecular flexibility index (Phi) is 5.83. The fourth-order valence-electron chi connectivity index (χ4n) is 4.42. The summed E-state index contributed by atoms with van der Waals surface area (Å²) >= 11 is 0. The number of likely N-dealkylation sites (N-methyl/N-ethyl adjacent to an activating group) is 1. The van der Waals surface area contributed by atoms with Gasteiger partial charge in [-0.15, -0.1) is 0 Å². The van der Waals surface area contributed by atoms with Gasteiger partial charge in [0.2, 0.25) is 5.91 Å². The van der Waals surface area contributed by atoms with Crippen molar-refractivity contribution in [2.24, 2.45) is 0 Å². The molecule has 1 saturated carbocycles. The highest BCUT2D eigenvalue weighted by atomic mass is 16.5. The highest BCUT2D eigenvalue weighted by Crippen LogP contribution is 2.35. The Morgan fingerprint density at radius 1 is 1.35 bits per heavy atom. The smallest absolute Gasteiger partial charge is 0.237 e. The first-order valence-electron chi connectivity index (χ1n) is 9.65. The number of methoxy groups -OCH3 is 1. The van der Waals surface area contributed by atoms with Crippen LogP contribution < -0.4 is 4.74 Å². The summed E-state index contributed by atoms with van der Waals surface area (Å²) in [7, 11) is 3.49. The zero-order chi connectivity index (χ0) is 18.6. The molecule has 1 aliphatic carbocycles. The number of rotatable bonds is 5. The fraction of sp³-hybridized carbons (Fsp3) is 0.619. The van der Waals surface area contributed by atoms with Gasteiger partial charge in [0.15, 0.2) is 0 Å². The van der Waals surface area contributed by atoms with Crippen LogP contribution in [0.25, 0.3) is 0 Å². The maximum atomic E-state index is 13.0. The molecule has 1 aromatic rings. The number of ether oxygens (including phenoxy) is 1. The van der Waals surface area contributed by atoms with Gasteiger partial charge in [0.1, 0.15) is 11.3 Å². The van der Waals surface area contributed by atoms with Gasteiger partial charge in [-0.1, -0.05) is 31.4 Å². The predicted octanol–water partition coefficient (Wildman–Crippen LogP) is 3.52. The van der Waals surface area contributed by atoms with Gasteiger partial charge >= 0.3 is 0 Å². The number of amides is 1. The van der Waals surface area contributed by atoms with Crippen molar-refractivity contribution in [1.29, 1.82) is 5.26 Å². The summed E-state index contributed by atoms with van der Waals surface area (Å²) in [6.45, 7) is 1.29. The summed E-state index contributed by atoms with van der Waals surface area (Å²) < 4.78 is 5.35. The number of benzene rings is 1. The van der Waals surface area contributed by atoms with Crippen LogP contribution in [0.15, 0.2) is 24.3 Å². The number of hydrogen-bond acceptors (Lipinski definition) is 4. The number of nitrogens with zero attached hydrogens (tertiary/aromatic N) is 3. The molecule has 1 amide bonds. The summed E-state index contributed by atoms with van der Waals surface area (Å²) in [5.41, 5.74) is 0.588. The van der Waals surface area contributed by atoms with Gasteiger partial charge in [-0.3, -0.25) is 9.69 Å². The van der Waals surface area contributed by atoms with Gasteiger partial charge in [-0.2, -0.15) is 5.26 Å². The number of carbonyl (C=O) groups is 1. The molecule has 1 aromatic carbocycles. The highest BCUT2D eigenvalue weighted by molar-refractivity contribution is 5.79. The second-order valence-electron chi connectivity index (χ2n) is 7.56. The Morgan fingerprint density at radius 2 is 2.12 bits per heavy atom. The van der Waals surface area contributed by atoms with E-state index in [-0.39, 0.29) is 11.9 Å². The average molecular weight is 355 g/mol. The molecule has 1 atom stereocenters. The van der Waals surface area contributed by atoms with Gasteiger partial charge in [-0.05, 0) is 49.9 Å². The SMILES string of the molecule is COc1cccc(C2CCCN2CC(=O)N(C)C2(C#N)CCCCC2)c1. The molecule has 1 unspecified atom stereocenters. The van der Waals surface area contributed by atoms with Crippen LogP contribution in [-0.2, 0) is 4.79 Å². The summed E-state index contributed by atoms with van der Waals surface area (Å²) in [5.74, 6) is 0.909. The molecule has 5 heteroatoms. The van der Waals surface area contributed by atoms with Crippen LogP contribution in [0.5, 0.6) is 5.75 Å². The number of nitriles is 1. The van der Waals surface area contributed by atoms with Gasteiger partial charge in [0.25, 0.3) is 0 Å². The zero-order valence-electron chi connectivity index (χ0n) is 15.9. The molecule has 0 N–H and O–H groups in total. The topological polar surface area (TPSA) is 56.6 Å². The number of likely N-dealkylation sites (tertiary alicyclic amines) is 1. The molecule has 26 heavy (non-hydrogen) atoms. The maximum Gasteiger partial charge on any atom is 0.237 e. The van der Waals surface area contributed by atoms with Gasteiger partial charge in [0, 0.05) is 13.1 Å². The summed E-state index contributed by atoms with van der Waals surface area (Å²) in [6.07, 6.45) is 6.95. The van der Waals surface area contributed by atoms with Crippen LogP contribution in [0.3, 0.4) is 0 Å². The van der Waals surface area contributed by atoms with E-state index in [1.807, 2.05) is 19.2 Å². The molecular formula is C21H29N3O2. The molecule has 5 nitrogen and oxygen atoms in total. The lowest BCUT2D eigenvalue weighted by atomic mass is 9.81. The van der Waals surface area contributed by atoms with Crippen LogP contribution in [0.1, 0.15) is 56.6 Å². The summed E-state index contributed by atoms with van der Waals surface area (Å²) in [5, 5.41) is 9.74. The minimum Gasteiger partial charge on any atom is -0.497 e. The lowest BCUT2D eigenvalue weighted by molar-refractivity contribution is -0.136. The van der Waals surface area contributed by atoms with Gasteiger partial charge < -0.3 is 9.64 Å². The molecule has 0 radical (unpaired) electrons. The van der Waals surface area contributed by atoms with Crippen molar-refractivity contribution in [3.05, 3.63) is 29.8 Å². The van der Waals surface area contributed by atoms with E-state index in [1.165, 1.54) is 5.56 Å². The van der Waals surface area contributed by atoms with Crippen molar-refractivity contribution in [2.45, 2.75) is 56.5 Å². The first-order chi connectivity index (χ1) is 12.6. The van der Waals surface area contributed by atoms with Crippen molar-refractivity contribution < 1.29 is 9.53 Å². The van der Waals surface area contributed by atoms with Crippen LogP contribution >= 0.6 is 0 Å². The van der Waals surface area contributed by atoms with E-state index < -0.39 is 5.54 Å². The second kappa shape index (κ2) is 8.09. The Bertz CT molecular complexity index is 676. The minimum absolute atomic E-state index is 0.0586. The molecule has 3 rings (SSSR count). The maximum absolute atomic E-state index is 13.0. The van der Waals surface area contributed by atoms with Crippen LogP contribution in [0, 0.1) is 11.3 Å². The normalized spacial score (nSPS) is 22.6. The third kappa shape index (κ3) is 3.71. The molecule has 0 aromatic heterocycles. The Morgan fingerprint density at radius 3 is 2.81 bits per heavy atom. The third-order valence-electron chi connectivity index (χ3n) is 6.09. The second-order valence-corrected chi connectivity index (χ2v) is 7.56. The van der Waals surface area contributed by atoms with Crippen molar-refractivity contribution in [1.82, 2.24) is 9.80 Å². The number of hydrogen-bond donors (Lipinski definition) is 0. The van der Waals surface area contributed by atoms with E-state index in [4.69, 9.17) is 4.74 Å². The van der Waals surface area contributed by atoms with E-state index in [9.17, 15) is 10.1 Å². The monoisotopic (exact) mass is 355 g/mol. The van der Waals surface area contributed by atoms with Crippen molar-refractivity contribution in [3.8, 4) is 11.8 Å². The molecule has 2 aliphatic rings. The van der Waals surface area contributed by atoms with Crippen LogP contribution in [-0.4, -0.2) is 48.5 Å². The summed E-state index contributed by atoms with van der Waals surface area (Å²) in [6, 6.07) is 10.8. The largest absolute Gasteiger partial charge is 0.497 e. The first-order valence-corrected chi connectivity index (χ1v) is 9.65. The predicted molar refractivity (Wildman–Crippen MR) is 101 cm³/mol. The highest BCUT2D eigenvalue weighted by Gasteiger charge is 2.40. The molecule has 0 bridgehead atoms. The van der Waals surface area contributed by atoms with E-state index in [2.05, 4.69) is 23.1 Å². The Labute approximate surface area is 156 Å². The quantitative estimate of drug-likeness (QED) is 0.811. The minimum atomic E-state index is -0.611. The van der Waals surface area contributed by atoms with Crippen LogP contribution in [0.4, 0.5) is 0 Å². The zero-order valence-corrected chi connectivity index (χ0v) is 15.9. The van der Waals surface area contributed by atoms with Gasteiger partial charge in [-0.25, -0.2) is 0 Å². The van der Waals surface area contributed by atoms with E-state index in [0.29, 0.717) is 6.54 Å². The molecular weight excluding hydrogens is 326 g/mol.